The van der Waals surface area contributed by atoms with Crippen LogP contribution in [-0.4, -0.2) is 53.3 Å². The van der Waals surface area contributed by atoms with Crippen LogP contribution in [0.5, 0.6) is 0 Å². The van der Waals surface area contributed by atoms with E-state index >= 15 is 0 Å². The van der Waals surface area contributed by atoms with Crippen LogP contribution >= 0.6 is 12.4 Å². The van der Waals surface area contributed by atoms with Crippen molar-refractivity contribution in [2.24, 2.45) is 11.7 Å². The van der Waals surface area contributed by atoms with Crippen molar-refractivity contribution in [1.82, 2.24) is 9.80 Å². The second-order valence-electron chi connectivity index (χ2n) is 7.12. The van der Waals surface area contributed by atoms with Crippen molar-refractivity contribution >= 4 is 24.2 Å². The Bertz CT molecular complexity index is 401. The Morgan fingerprint density at radius 1 is 1.04 bits per heavy atom. The summed E-state index contributed by atoms with van der Waals surface area (Å²) in [4.78, 5) is 28.8. The molecule has 0 spiro atoms. The fourth-order valence-corrected chi connectivity index (χ4v) is 3.73. The summed E-state index contributed by atoms with van der Waals surface area (Å²) in [6.07, 6.45) is 7.30. The monoisotopic (exact) mass is 345 g/mol. The van der Waals surface area contributed by atoms with Crippen molar-refractivity contribution in [3.8, 4) is 0 Å². The van der Waals surface area contributed by atoms with Crippen molar-refractivity contribution in [3.63, 3.8) is 0 Å². The second kappa shape index (κ2) is 8.88. The fourth-order valence-electron chi connectivity index (χ4n) is 3.73. The van der Waals surface area contributed by atoms with Gasteiger partial charge in [-0.2, -0.15) is 0 Å². The van der Waals surface area contributed by atoms with Gasteiger partial charge in [-0.05, 0) is 26.2 Å². The van der Waals surface area contributed by atoms with Gasteiger partial charge in [-0.3, -0.25) is 9.59 Å². The molecule has 2 N–H and O–H groups in total. The summed E-state index contributed by atoms with van der Waals surface area (Å²) in [5, 5.41) is 0. The Labute approximate surface area is 146 Å². The molecule has 0 radical (unpaired) electrons. The molecule has 2 rings (SSSR count). The first-order valence-electron chi connectivity index (χ1n) is 8.82. The molecule has 1 heterocycles. The molecule has 5 nitrogen and oxygen atoms in total. The van der Waals surface area contributed by atoms with Gasteiger partial charge in [-0.1, -0.05) is 32.6 Å². The van der Waals surface area contributed by atoms with E-state index < -0.39 is 5.54 Å². The van der Waals surface area contributed by atoms with Crippen LogP contribution in [0, 0.1) is 5.92 Å². The summed E-state index contributed by atoms with van der Waals surface area (Å²) >= 11 is 0. The Hall–Kier alpha value is -0.810. The van der Waals surface area contributed by atoms with Crippen LogP contribution in [0.15, 0.2) is 0 Å². The van der Waals surface area contributed by atoms with E-state index in [0.29, 0.717) is 38.5 Å². The van der Waals surface area contributed by atoms with Gasteiger partial charge in [0.25, 0.3) is 0 Å². The van der Waals surface area contributed by atoms with E-state index in [2.05, 4.69) is 0 Å². The lowest BCUT2D eigenvalue weighted by Crippen LogP contribution is -2.59. The number of nitrogens with zero attached hydrogens (tertiary/aromatic N) is 2. The van der Waals surface area contributed by atoms with Crippen molar-refractivity contribution in [2.45, 2.75) is 64.3 Å². The van der Waals surface area contributed by atoms with Gasteiger partial charge >= 0.3 is 0 Å². The van der Waals surface area contributed by atoms with E-state index in [9.17, 15) is 9.59 Å². The number of nitrogens with two attached hydrogens (primary N) is 1. The molecule has 1 unspecified atom stereocenters. The number of hydrogen-bond donors (Lipinski definition) is 1. The summed E-state index contributed by atoms with van der Waals surface area (Å²) in [5.41, 5.74) is 5.37. The van der Waals surface area contributed by atoms with Crippen LogP contribution in [0.1, 0.15) is 58.8 Å². The van der Waals surface area contributed by atoms with Gasteiger partial charge in [0.05, 0.1) is 5.54 Å². The summed E-state index contributed by atoms with van der Waals surface area (Å²) in [6, 6.07) is 0. The minimum absolute atomic E-state index is 0. The third-order valence-electron chi connectivity index (χ3n) is 5.09. The first-order valence-corrected chi connectivity index (χ1v) is 8.82. The lowest BCUT2D eigenvalue weighted by Gasteiger charge is -2.39. The van der Waals surface area contributed by atoms with E-state index in [1.165, 1.54) is 19.3 Å². The van der Waals surface area contributed by atoms with Gasteiger partial charge in [0.15, 0.2) is 0 Å². The van der Waals surface area contributed by atoms with E-state index in [0.717, 1.165) is 19.3 Å². The quantitative estimate of drug-likeness (QED) is 0.849. The van der Waals surface area contributed by atoms with Crippen LogP contribution in [0.3, 0.4) is 0 Å². The average molecular weight is 346 g/mol. The first-order chi connectivity index (χ1) is 10.5. The molecule has 0 aromatic rings. The van der Waals surface area contributed by atoms with Crippen LogP contribution in [0.4, 0.5) is 0 Å². The largest absolute Gasteiger partial charge is 0.339 e. The van der Waals surface area contributed by atoms with E-state index in [-0.39, 0.29) is 24.2 Å². The Morgan fingerprint density at radius 2 is 1.57 bits per heavy atom. The highest BCUT2D eigenvalue weighted by atomic mass is 35.5. The number of rotatable bonds is 4. The molecule has 23 heavy (non-hydrogen) atoms. The SMILES string of the molecule is CCCC(C)(N)C(=O)N1CCN(C(=O)C2CCCCC2)CC1.Cl. The Morgan fingerprint density at radius 3 is 2.09 bits per heavy atom. The smallest absolute Gasteiger partial charge is 0.242 e. The molecule has 2 aliphatic rings. The number of piperazine rings is 1. The molecule has 1 aliphatic heterocycles. The van der Waals surface area contributed by atoms with Crippen molar-refractivity contribution in [1.29, 1.82) is 0 Å². The maximum absolute atomic E-state index is 12.5. The normalized spacial score (nSPS) is 22.2. The third-order valence-corrected chi connectivity index (χ3v) is 5.09. The molecule has 0 aromatic heterocycles. The molecule has 0 aromatic carbocycles. The zero-order valence-corrected chi connectivity index (χ0v) is 15.4. The molecule has 2 fully saturated rings. The number of halogens is 1. The highest BCUT2D eigenvalue weighted by Gasteiger charge is 2.35. The van der Waals surface area contributed by atoms with Gasteiger partial charge in [0.2, 0.25) is 11.8 Å². The zero-order chi connectivity index (χ0) is 16.2. The highest BCUT2D eigenvalue weighted by molar-refractivity contribution is 5.86. The van der Waals surface area contributed by atoms with E-state index in [1.54, 1.807) is 0 Å². The molecule has 2 amide bonds. The Kier molecular flexibility index (Phi) is 7.81. The van der Waals surface area contributed by atoms with Crippen molar-refractivity contribution < 1.29 is 9.59 Å². The molecule has 1 aliphatic carbocycles. The molecule has 6 heteroatoms. The standard InChI is InChI=1S/C17H31N3O2.ClH/c1-3-9-17(2,18)16(22)20-12-10-19(11-13-20)15(21)14-7-5-4-6-8-14;/h14H,3-13,18H2,1-2H3;1H. The van der Waals surface area contributed by atoms with Gasteiger partial charge in [0.1, 0.15) is 0 Å². The maximum atomic E-state index is 12.5. The fraction of sp³-hybridized carbons (Fsp3) is 0.882. The van der Waals surface area contributed by atoms with Crippen molar-refractivity contribution in [3.05, 3.63) is 0 Å². The third kappa shape index (κ3) is 5.08. The van der Waals surface area contributed by atoms with Crippen LogP contribution in [0.25, 0.3) is 0 Å². The zero-order valence-electron chi connectivity index (χ0n) is 14.6. The average Bonchev–Trinajstić information content (AvgIpc) is 2.54. The lowest BCUT2D eigenvalue weighted by molar-refractivity contribution is -0.145. The topological polar surface area (TPSA) is 66.6 Å². The molecular weight excluding hydrogens is 314 g/mol. The van der Waals surface area contributed by atoms with Crippen LogP contribution < -0.4 is 5.73 Å². The van der Waals surface area contributed by atoms with Gasteiger partial charge in [-0.25, -0.2) is 0 Å². The number of carbonyl (C=O) groups is 2. The maximum Gasteiger partial charge on any atom is 0.242 e. The minimum atomic E-state index is -0.774. The van der Waals surface area contributed by atoms with Crippen LogP contribution in [-0.2, 0) is 9.59 Å². The van der Waals surface area contributed by atoms with E-state index in [1.807, 2.05) is 23.6 Å². The summed E-state index contributed by atoms with van der Waals surface area (Å²) in [5.74, 6) is 0.547. The summed E-state index contributed by atoms with van der Waals surface area (Å²) in [6.45, 7) is 6.41. The minimum Gasteiger partial charge on any atom is -0.339 e. The van der Waals surface area contributed by atoms with Crippen LogP contribution in [0.2, 0.25) is 0 Å². The van der Waals surface area contributed by atoms with E-state index in [4.69, 9.17) is 5.73 Å². The molecule has 1 saturated carbocycles. The molecule has 1 atom stereocenters. The van der Waals surface area contributed by atoms with Gasteiger partial charge < -0.3 is 15.5 Å². The number of carbonyl (C=O) groups excluding carboxylic acids is 2. The second-order valence-corrected chi connectivity index (χ2v) is 7.12. The predicted octanol–water partition coefficient (Wildman–Crippen LogP) is 2.18. The predicted molar refractivity (Wildman–Crippen MR) is 94.5 cm³/mol. The lowest BCUT2D eigenvalue weighted by atomic mass is 9.88. The molecular formula is C17H32ClN3O2. The number of hydrogen-bond acceptors (Lipinski definition) is 3. The summed E-state index contributed by atoms with van der Waals surface area (Å²) in [7, 11) is 0. The first kappa shape index (κ1) is 20.2. The van der Waals surface area contributed by atoms with Crippen molar-refractivity contribution in [2.75, 3.05) is 26.2 Å². The number of amides is 2. The van der Waals surface area contributed by atoms with Gasteiger partial charge in [0, 0.05) is 32.1 Å². The molecule has 0 bridgehead atoms. The van der Waals surface area contributed by atoms with Gasteiger partial charge in [-0.15, -0.1) is 12.4 Å². The Balaban J connectivity index is 0.00000264. The molecule has 1 saturated heterocycles. The highest BCUT2D eigenvalue weighted by Crippen LogP contribution is 2.26. The molecule has 134 valence electrons. The summed E-state index contributed by atoms with van der Waals surface area (Å²) < 4.78 is 0.